The smallest absolute Gasteiger partial charge is 0.260 e. The number of aromatic amines is 1. The van der Waals surface area contributed by atoms with Gasteiger partial charge in [-0.1, -0.05) is 6.92 Å². The number of H-pyrrole nitrogens is 1. The zero-order chi connectivity index (χ0) is 8.43. The third-order valence-corrected chi connectivity index (χ3v) is 1.59. The first-order chi connectivity index (χ1) is 5.16. The minimum atomic E-state index is -1.18. The molecule has 0 aliphatic heterocycles. The summed E-state index contributed by atoms with van der Waals surface area (Å²) < 4.78 is 1.14. The average molecular weight is 154 g/mol. The van der Waals surface area contributed by atoms with Crippen LogP contribution in [0.25, 0.3) is 0 Å². The van der Waals surface area contributed by atoms with Crippen molar-refractivity contribution in [3.05, 3.63) is 17.7 Å². The highest BCUT2D eigenvalue weighted by Gasteiger charge is 2.13. The number of nitrogens with zero attached hydrogens (tertiary/aromatic N) is 1. The van der Waals surface area contributed by atoms with E-state index in [4.69, 9.17) is 0 Å². The number of carboxylic acid groups (broad SMARTS) is 1. The van der Waals surface area contributed by atoms with Crippen LogP contribution in [0.3, 0.4) is 0 Å². The zero-order valence-corrected chi connectivity index (χ0v) is 6.55. The predicted molar refractivity (Wildman–Crippen MR) is 35.9 cm³/mol. The van der Waals surface area contributed by atoms with E-state index >= 15 is 0 Å². The van der Waals surface area contributed by atoms with Crippen molar-refractivity contribution in [2.24, 2.45) is 0 Å². The highest BCUT2D eigenvalue weighted by Crippen LogP contribution is 1.92. The third kappa shape index (κ3) is 1.24. The summed E-state index contributed by atoms with van der Waals surface area (Å²) in [6, 6.07) is 0. The summed E-state index contributed by atoms with van der Waals surface area (Å²) in [5, 5.41) is 10.5. The number of hydrogen-bond donors (Lipinski definition) is 1. The molecule has 0 radical (unpaired) electrons. The molecule has 11 heavy (non-hydrogen) atoms. The normalized spacial score (nSPS) is 10.0. The van der Waals surface area contributed by atoms with Crippen LogP contribution in [0.5, 0.6) is 0 Å². The van der Waals surface area contributed by atoms with E-state index in [2.05, 4.69) is 4.98 Å². The number of carbonyl (C=O) groups is 1. The first-order valence-corrected chi connectivity index (χ1v) is 3.47. The van der Waals surface area contributed by atoms with E-state index in [9.17, 15) is 9.90 Å². The topological polar surface area (TPSA) is 59.8 Å². The molecular formula is C7H10N2O2. The van der Waals surface area contributed by atoms with Crippen molar-refractivity contribution in [2.45, 2.75) is 20.3 Å². The SMILES string of the molecule is CCc1[nH]cc(C)[n+]1C(=O)[O-]. The molecule has 1 N–H and O–H groups in total. The fourth-order valence-electron chi connectivity index (χ4n) is 1.04. The van der Waals surface area contributed by atoms with Crippen LogP contribution in [0.4, 0.5) is 4.79 Å². The molecule has 0 unspecified atom stereocenters. The van der Waals surface area contributed by atoms with Gasteiger partial charge in [0.05, 0.1) is 0 Å². The molecule has 0 aromatic carbocycles. The van der Waals surface area contributed by atoms with Gasteiger partial charge in [0.25, 0.3) is 5.82 Å². The minimum Gasteiger partial charge on any atom is -0.510 e. The second-order valence-electron chi connectivity index (χ2n) is 2.33. The Balaban J connectivity index is 3.17. The molecule has 1 aromatic heterocycles. The summed E-state index contributed by atoms with van der Waals surface area (Å²) in [6.45, 7) is 3.59. The molecular weight excluding hydrogens is 144 g/mol. The van der Waals surface area contributed by atoms with Crippen LogP contribution in [0.15, 0.2) is 6.20 Å². The molecule has 0 atom stereocenters. The van der Waals surface area contributed by atoms with Crippen molar-refractivity contribution < 1.29 is 14.5 Å². The van der Waals surface area contributed by atoms with Crippen LogP contribution < -0.4 is 9.67 Å². The van der Waals surface area contributed by atoms with Crippen LogP contribution in [-0.4, -0.2) is 11.1 Å². The quantitative estimate of drug-likeness (QED) is 0.547. The van der Waals surface area contributed by atoms with E-state index in [0.717, 1.165) is 4.57 Å². The van der Waals surface area contributed by atoms with Crippen molar-refractivity contribution >= 4 is 6.09 Å². The molecule has 1 rings (SSSR count). The van der Waals surface area contributed by atoms with Gasteiger partial charge in [0.2, 0.25) is 6.09 Å². The average Bonchev–Trinajstić information content (AvgIpc) is 2.30. The lowest BCUT2D eigenvalue weighted by Gasteiger charge is -1.98. The molecule has 0 aliphatic carbocycles. The van der Waals surface area contributed by atoms with E-state index in [1.54, 1.807) is 13.1 Å². The number of carbonyl (C=O) groups excluding carboxylic acids is 1. The van der Waals surface area contributed by atoms with Crippen molar-refractivity contribution in [1.29, 1.82) is 0 Å². The van der Waals surface area contributed by atoms with E-state index in [1.807, 2.05) is 6.92 Å². The van der Waals surface area contributed by atoms with Gasteiger partial charge in [-0.25, -0.2) is 4.98 Å². The van der Waals surface area contributed by atoms with Gasteiger partial charge < -0.3 is 9.90 Å². The number of imidazole rings is 1. The van der Waals surface area contributed by atoms with Crippen LogP contribution in [0.2, 0.25) is 0 Å². The molecule has 0 saturated carbocycles. The Morgan fingerprint density at radius 2 is 2.45 bits per heavy atom. The van der Waals surface area contributed by atoms with E-state index in [1.165, 1.54) is 0 Å². The van der Waals surface area contributed by atoms with Crippen LogP contribution >= 0.6 is 0 Å². The summed E-state index contributed by atoms with van der Waals surface area (Å²) in [7, 11) is 0. The monoisotopic (exact) mass is 154 g/mol. The number of hydrogen-bond acceptors (Lipinski definition) is 2. The number of nitrogens with one attached hydrogen (secondary N) is 1. The molecule has 4 heteroatoms. The van der Waals surface area contributed by atoms with E-state index in [0.29, 0.717) is 17.9 Å². The minimum absolute atomic E-state index is 0.654. The van der Waals surface area contributed by atoms with Crippen LogP contribution in [-0.2, 0) is 6.42 Å². The maximum absolute atomic E-state index is 10.5. The molecule has 0 bridgehead atoms. The van der Waals surface area contributed by atoms with Gasteiger partial charge in [-0.3, -0.25) is 0 Å². The summed E-state index contributed by atoms with van der Waals surface area (Å²) in [4.78, 5) is 13.3. The largest absolute Gasteiger partial charge is 0.510 e. The van der Waals surface area contributed by atoms with Gasteiger partial charge in [0.1, 0.15) is 11.9 Å². The number of aryl methyl sites for hydroxylation is 2. The summed E-state index contributed by atoms with van der Waals surface area (Å²) in [6.07, 6.45) is 1.12. The van der Waals surface area contributed by atoms with E-state index in [-0.39, 0.29) is 0 Å². The van der Waals surface area contributed by atoms with Crippen molar-refractivity contribution in [1.82, 2.24) is 4.98 Å². The molecule has 0 aliphatic rings. The van der Waals surface area contributed by atoms with Crippen molar-refractivity contribution in [2.75, 3.05) is 0 Å². The Morgan fingerprint density at radius 1 is 1.82 bits per heavy atom. The van der Waals surface area contributed by atoms with Crippen molar-refractivity contribution in [3.63, 3.8) is 0 Å². The van der Waals surface area contributed by atoms with Gasteiger partial charge >= 0.3 is 0 Å². The van der Waals surface area contributed by atoms with E-state index < -0.39 is 6.09 Å². The molecule has 1 heterocycles. The molecule has 0 spiro atoms. The fourth-order valence-corrected chi connectivity index (χ4v) is 1.04. The zero-order valence-electron chi connectivity index (χ0n) is 6.55. The molecule has 60 valence electrons. The second-order valence-corrected chi connectivity index (χ2v) is 2.33. The molecule has 4 nitrogen and oxygen atoms in total. The van der Waals surface area contributed by atoms with Crippen LogP contribution in [0.1, 0.15) is 18.4 Å². The highest BCUT2D eigenvalue weighted by molar-refractivity contribution is 5.51. The number of aromatic nitrogens is 2. The molecule has 0 saturated heterocycles. The Bertz CT molecular complexity index is 278. The maximum atomic E-state index is 10.5. The number of rotatable bonds is 1. The van der Waals surface area contributed by atoms with Gasteiger partial charge in [0, 0.05) is 13.3 Å². The summed E-state index contributed by atoms with van der Waals surface area (Å²) >= 11 is 0. The predicted octanol–water partition coefficient (Wildman–Crippen LogP) is -0.636. The Labute approximate surface area is 64.5 Å². The lowest BCUT2D eigenvalue weighted by atomic mass is 10.4. The summed E-state index contributed by atoms with van der Waals surface area (Å²) in [5.41, 5.74) is 0.654. The molecule has 0 amide bonds. The highest BCUT2D eigenvalue weighted by atomic mass is 16.4. The van der Waals surface area contributed by atoms with Crippen LogP contribution in [0, 0.1) is 6.92 Å². The van der Waals surface area contributed by atoms with Gasteiger partial charge in [-0.15, -0.1) is 0 Å². The van der Waals surface area contributed by atoms with Gasteiger partial charge in [-0.2, -0.15) is 4.57 Å². The third-order valence-electron chi connectivity index (χ3n) is 1.59. The van der Waals surface area contributed by atoms with Gasteiger partial charge in [0.15, 0.2) is 0 Å². The Morgan fingerprint density at radius 3 is 2.82 bits per heavy atom. The summed E-state index contributed by atoms with van der Waals surface area (Å²) in [5.74, 6) is 0.655. The van der Waals surface area contributed by atoms with Crippen molar-refractivity contribution in [3.8, 4) is 0 Å². The first kappa shape index (κ1) is 7.78. The molecule has 1 aromatic rings. The second kappa shape index (κ2) is 2.74. The molecule has 0 fully saturated rings. The lowest BCUT2D eigenvalue weighted by molar-refractivity contribution is -0.641. The Kier molecular flexibility index (Phi) is 1.94. The lowest BCUT2D eigenvalue weighted by Crippen LogP contribution is -2.55. The maximum Gasteiger partial charge on any atom is 0.260 e. The Hall–Kier alpha value is -1.32. The standard InChI is InChI=1S/C7H10N2O2/c1-3-6-8-4-5(2)9(6)7(10)11/h4H,3H2,1-2H3,(H,10,11). The fraction of sp³-hybridized carbons (Fsp3) is 0.429. The first-order valence-electron chi connectivity index (χ1n) is 3.47. The van der Waals surface area contributed by atoms with Gasteiger partial charge in [-0.05, 0) is 0 Å².